The predicted molar refractivity (Wildman–Crippen MR) is 40.9 cm³/mol. The minimum atomic E-state index is 1.11. The molecular weight excluding hydrogens is 108 g/mol. The number of hydrogen-bond donors (Lipinski definition) is 0. The van der Waals surface area contributed by atoms with Crippen LogP contribution in [0.1, 0.15) is 44.9 Å². The zero-order valence-corrected chi connectivity index (χ0v) is 6.16. The normalized spacial score (nSPS) is 21.0. The van der Waals surface area contributed by atoms with Gasteiger partial charge in [-0.1, -0.05) is 32.6 Å². The molecular formula is C9H16. The molecule has 1 saturated carbocycles. The summed E-state index contributed by atoms with van der Waals surface area (Å²) in [6.45, 7) is 3.83. The standard InChI is InChI=1S/C9H16/c1-2-3-6-9-7-4-5-8-9/h1-8H2. The molecule has 0 aliphatic heterocycles. The summed E-state index contributed by atoms with van der Waals surface area (Å²) >= 11 is 0. The van der Waals surface area contributed by atoms with Gasteiger partial charge in [-0.25, -0.2) is 0 Å². The highest BCUT2D eigenvalue weighted by molar-refractivity contribution is 4.93. The summed E-state index contributed by atoms with van der Waals surface area (Å²) in [6, 6.07) is 0. The van der Waals surface area contributed by atoms with Crippen molar-refractivity contribution < 1.29 is 0 Å². The fourth-order valence-corrected chi connectivity index (χ4v) is 1.50. The van der Waals surface area contributed by atoms with Gasteiger partial charge < -0.3 is 0 Å². The van der Waals surface area contributed by atoms with Gasteiger partial charge in [0.15, 0.2) is 0 Å². The quantitative estimate of drug-likeness (QED) is 0.542. The highest BCUT2D eigenvalue weighted by atomic mass is 14.2. The van der Waals surface area contributed by atoms with Crippen molar-refractivity contribution in [3.63, 3.8) is 0 Å². The van der Waals surface area contributed by atoms with Gasteiger partial charge in [0.25, 0.3) is 0 Å². The second-order valence-electron chi connectivity index (χ2n) is 2.91. The van der Waals surface area contributed by atoms with Gasteiger partial charge in [0.1, 0.15) is 0 Å². The van der Waals surface area contributed by atoms with Gasteiger partial charge in [0.05, 0.1) is 0 Å². The van der Waals surface area contributed by atoms with Gasteiger partial charge in [-0.3, -0.25) is 0 Å². The molecule has 0 aromatic carbocycles. The van der Waals surface area contributed by atoms with Crippen molar-refractivity contribution in [1.82, 2.24) is 0 Å². The molecule has 0 aromatic rings. The summed E-state index contributed by atoms with van der Waals surface area (Å²) in [5.74, 6) is 1.80. The van der Waals surface area contributed by atoms with Gasteiger partial charge in [0, 0.05) is 0 Å². The van der Waals surface area contributed by atoms with Crippen LogP contribution < -0.4 is 0 Å². The van der Waals surface area contributed by atoms with E-state index in [2.05, 4.69) is 6.92 Å². The van der Waals surface area contributed by atoms with E-state index in [0.717, 1.165) is 6.42 Å². The number of rotatable bonds is 3. The van der Waals surface area contributed by atoms with Crippen LogP contribution in [0.15, 0.2) is 0 Å². The zero-order chi connectivity index (χ0) is 6.53. The Kier molecular flexibility index (Phi) is 3.10. The molecule has 1 rings (SSSR count). The molecule has 0 amide bonds. The molecule has 0 saturated heterocycles. The highest BCUT2D eigenvalue weighted by Crippen LogP contribution is 2.30. The molecule has 0 heterocycles. The number of unbranched alkanes of at least 4 members (excludes halogenated alkanes) is 1. The van der Waals surface area contributed by atoms with Crippen molar-refractivity contribution in [1.29, 1.82) is 0 Å². The monoisotopic (exact) mass is 124 g/mol. The Hall–Kier alpha value is 0. The summed E-state index contributed by atoms with van der Waals surface area (Å²) in [7, 11) is 0. The van der Waals surface area contributed by atoms with E-state index in [1.807, 2.05) is 0 Å². The summed E-state index contributed by atoms with van der Waals surface area (Å²) in [5.41, 5.74) is 0. The Bertz CT molecular complexity index is 60.4. The van der Waals surface area contributed by atoms with Crippen LogP contribution in [0.4, 0.5) is 0 Å². The first-order valence-corrected chi connectivity index (χ1v) is 4.06. The number of hydrogen-bond acceptors (Lipinski definition) is 0. The van der Waals surface area contributed by atoms with Crippen molar-refractivity contribution >= 4 is 0 Å². The van der Waals surface area contributed by atoms with Gasteiger partial charge in [-0.15, -0.1) is 0 Å². The first-order valence-electron chi connectivity index (χ1n) is 4.06. The molecule has 0 atom stereocenters. The fraction of sp³-hybridized carbons (Fsp3) is 0.778. The molecule has 0 unspecified atom stereocenters. The molecule has 0 nitrogen and oxygen atoms in total. The smallest absolute Gasteiger partial charge is 0.0241 e. The molecule has 1 aliphatic carbocycles. The molecule has 0 heteroatoms. The van der Waals surface area contributed by atoms with Crippen LogP contribution in [0.2, 0.25) is 0 Å². The second kappa shape index (κ2) is 3.92. The van der Waals surface area contributed by atoms with Crippen LogP contribution in [-0.4, -0.2) is 0 Å². The van der Waals surface area contributed by atoms with Gasteiger partial charge >= 0.3 is 0 Å². The lowest BCUT2D eigenvalue weighted by molar-refractivity contribution is 0.708. The molecule has 52 valence electrons. The van der Waals surface area contributed by atoms with E-state index >= 15 is 0 Å². The predicted octanol–water partition coefficient (Wildman–Crippen LogP) is 3.14. The lowest BCUT2D eigenvalue weighted by Gasteiger charge is -2.04. The Morgan fingerprint density at radius 2 is 1.89 bits per heavy atom. The first kappa shape index (κ1) is 7.11. The third-order valence-corrected chi connectivity index (χ3v) is 2.09. The molecule has 0 N–H and O–H groups in total. The third-order valence-electron chi connectivity index (χ3n) is 2.09. The van der Waals surface area contributed by atoms with E-state index in [-0.39, 0.29) is 0 Å². The summed E-state index contributed by atoms with van der Waals surface area (Å²) in [6.07, 6.45) is 9.53. The molecule has 0 bridgehead atoms. The largest absolute Gasteiger partial charge is 0.0533 e. The van der Waals surface area contributed by atoms with Gasteiger partial charge in [-0.05, 0) is 25.2 Å². The van der Waals surface area contributed by atoms with Crippen molar-refractivity contribution in [2.75, 3.05) is 0 Å². The average Bonchev–Trinajstić information content (AvgIpc) is 2.34. The Labute approximate surface area is 58.7 Å². The van der Waals surface area contributed by atoms with E-state index in [1.165, 1.54) is 38.5 Å². The molecule has 2 radical (unpaired) electrons. The van der Waals surface area contributed by atoms with E-state index in [9.17, 15) is 0 Å². The van der Waals surface area contributed by atoms with E-state index in [4.69, 9.17) is 0 Å². The van der Waals surface area contributed by atoms with E-state index < -0.39 is 0 Å². The van der Waals surface area contributed by atoms with Crippen LogP contribution in [0.25, 0.3) is 0 Å². The minimum absolute atomic E-state index is 1.11. The van der Waals surface area contributed by atoms with E-state index in [0.29, 0.717) is 0 Å². The summed E-state index contributed by atoms with van der Waals surface area (Å²) in [5, 5.41) is 0. The van der Waals surface area contributed by atoms with E-state index in [1.54, 1.807) is 5.92 Å². The third kappa shape index (κ3) is 2.38. The lowest BCUT2D eigenvalue weighted by atomic mass is 10.0. The molecule has 9 heavy (non-hydrogen) atoms. The van der Waals surface area contributed by atoms with Crippen LogP contribution >= 0.6 is 0 Å². The van der Waals surface area contributed by atoms with Crippen molar-refractivity contribution in [3.05, 3.63) is 12.8 Å². The fourth-order valence-electron chi connectivity index (χ4n) is 1.50. The van der Waals surface area contributed by atoms with Crippen molar-refractivity contribution in [3.8, 4) is 0 Å². The lowest BCUT2D eigenvalue weighted by Crippen LogP contribution is -1.88. The average molecular weight is 124 g/mol. The zero-order valence-electron chi connectivity index (χ0n) is 6.16. The van der Waals surface area contributed by atoms with Crippen molar-refractivity contribution in [2.24, 2.45) is 0 Å². The molecule has 1 fully saturated rings. The maximum Gasteiger partial charge on any atom is -0.0241 e. The highest BCUT2D eigenvalue weighted by Gasteiger charge is 2.13. The molecule has 1 aliphatic rings. The summed E-state index contributed by atoms with van der Waals surface area (Å²) < 4.78 is 0. The first-order chi connectivity index (χ1) is 4.43. The Morgan fingerprint density at radius 1 is 1.22 bits per heavy atom. The van der Waals surface area contributed by atoms with Gasteiger partial charge in [-0.2, -0.15) is 0 Å². The van der Waals surface area contributed by atoms with Crippen molar-refractivity contribution in [2.45, 2.75) is 44.9 Å². The molecule has 0 aromatic heterocycles. The summed E-state index contributed by atoms with van der Waals surface area (Å²) in [4.78, 5) is 0. The second-order valence-corrected chi connectivity index (χ2v) is 2.91. The molecule has 0 spiro atoms. The van der Waals surface area contributed by atoms with Gasteiger partial charge in [0.2, 0.25) is 0 Å². The Balaban J connectivity index is 1.98. The topological polar surface area (TPSA) is 0 Å². The Morgan fingerprint density at radius 3 is 2.44 bits per heavy atom. The van der Waals surface area contributed by atoms with Crippen LogP contribution in [-0.2, 0) is 0 Å². The van der Waals surface area contributed by atoms with Crippen LogP contribution in [0, 0.1) is 12.8 Å². The maximum atomic E-state index is 3.83. The SMILES string of the molecule is [CH2]CCC[C]1CCCC1. The van der Waals surface area contributed by atoms with Crippen LogP contribution in [0.5, 0.6) is 0 Å². The maximum absolute atomic E-state index is 3.83. The van der Waals surface area contributed by atoms with Crippen LogP contribution in [0.3, 0.4) is 0 Å². The minimum Gasteiger partial charge on any atom is -0.0533 e.